The zero-order valence-electron chi connectivity index (χ0n) is 17.0. The number of esters is 2. The molecule has 0 bridgehead atoms. The first-order chi connectivity index (χ1) is 12.0. The van der Waals surface area contributed by atoms with Gasteiger partial charge in [-0.2, -0.15) is 0 Å². The van der Waals surface area contributed by atoms with Gasteiger partial charge in [0.2, 0.25) is 0 Å². The third kappa shape index (κ3) is 16.2. The lowest BCUT2D eigenvalue weighted by molar-refractivity contribution is -0.154. The van der Waals surface area contributed by atoms with Gasteiger partial charge >= 0.3 is 11.9 Å². The molecule has 0 aliphatic rings. The molecule has 0 saturated carbocycles. The number of hydrogen-bond acceptors (Lipinski definition) is 4. The van der Waals surface area contributed by atoms with Crippen molar-refractivity contribution in [3.63, 3.8) is 0 Å². The molecule has 0 N–H and O–H groups in total. The number of carbonyl (C=O) groups excluding carboxylic acids is 2. The van der Waals surface area contributed by atoms with E-state index in [0.29, 0.717) is 19.3 Å². The van der Waals surface area contributed by atoms with Crippen molar-refractivity contribution in [2.24, 2.45) is 0 Å². The standard InChI is InChI=1S/C21H40O4/c1-5-7-9-11-13-15-20(22)24-18(3)17-19(4)25-21(23)16-14-12-10-8-6-2/h18-19H,5-17H2,1-4H3/t18-,19+. The molecule has 0 rings (SSSR count). The second-order valence-electron chi connectivity index (χ2n) is 7.17. The molecule has 0 aromatic rings. The van der Waals surface area contributed by atoms with Crippen molar-refractivity contribution in [1.82, 2.24) is 0 Å². The Kier molecular flexibility index (Phi) is 15.7. The highest BCUT2D eigenvalue weighted by Gasteiger charge is 2.16. The van der Waals surface area contributed by atoms with Gasteiger partial charge in [0, 0.05) is 19.3 Å². The van der Waals surface area contributed by atoms with Gasteiger partial charge in [-0.3, -0.25) is 9.59 Å². The van der Waals surface area contributed by atoms with Crippen LogP contribution in [0.1, 0.15) is 111 Å². The van der Waals surface area contributed by atoms with Crippen LogP contribution in [0, 0.1) is 0 Å². The summed E-state index contributed by atoms with van der Waals surface area (Å²) in [4.78, 5) is 23.6. The highest BCUT2D eigenvalue weighted by atomic mass is 16.6. The van der Waals surface area contributed by atoms with E-state index in [1.807, 2.05) is 13.8 Å². The Morgan fingerprint density at radius 3 is 1.36 bits per heavy atom. The van der Waals surface area contributed by atoms with Crippen molar-refractivity contribution in [2.75, 3.05) is 0 Å². The molecule has 2 atom stereocenters. The monoisotopic (exact) mass is 356 g/mol. The lowest BCUT2D eigenvalue weighted by Gasteiger charge is -2.18. The first-order valence-electron chi connectivity index (χ1n) is 10.4. The number of carbonyl (C=O) groups is 2. The van der Waals surface area contributed by atoms with E-state index in [-0.39, 0.29) is 24.1 Å². The van der Waals surface area contributed by atoms with Crippen LogP contribution in [-0.2, 0) is 19.1 Å². The molecule has 0 amide bonds. The van der Waals surface area contributed by atoms with E-state index < -0.39 is 0 Å². The third-order valence-corrected chi connectivity index (χ3v) is 4.30. The van der Waals surface area contributed by atoms with Crippen molar-refractivity contribution in [3.8, 4) is 0 Å². The SMILES string of the molecule is CCCCCCCC(=O)O[C@H](C)C[C@H](C)OC(=O)CCCCCCC. The minimum absolute atomic E-state index is 0.140. The van der Waals surface area contributed by atoms with Gasteiger partial charge in [-0.25, -0.2) is 0 Å². The molecule has 0 fully saturated rings. The molecule has 0 saturated heterocycles. The van der Waals surface area contributed by atoms with Gasteiger partial charge in [-0.05, 0) is 26.7 Å². The Balaban J connectivity index is 3.73. The van der Waals surface area contributed by atoms with Crippen LogP contribution in [0.2, 0.25) is 0 Å². The van der Waals surface area contributed by atoms with E-state index in [0.717, 1.165) is 25.7 Å². The average molecular weight is 357 g/mol. The predicted octanol–water partition coefficient (Wildman–Crippen LogP) is 5.96. The largest absolute Gasteiger partial charge is 0.463 e. The maximum atomic E-state index is 11.8. The summed E-state index contributed by atoms with van der Waals surface area (Å²) >= 11 is 0. The first kappa shape index (κ1) is 23.9. The summed E-state index contributed by atoms with van der Waals surface area (Å²) in [6, 6.07) is 0. The van der Waals surface area contributed by atoms with Gasteiger partial charge in [0.25, 0.3) is 0 Å². The van der Waals surface area contributed by atoms with E-state index in [1.165, 1.54) is 38.5 Å². The molecular weight excluding hydrogens is 316 g/mol. The van der Waals surface area contributed by atoms with Crippen LogP contribution in [0.5, 0.6) is 0 Å². The molecule has 0 aromatic carbocycles. The molecular formula is C21H40O4. The Hall–Kier alpha value is -1.06. The lowest BCUT2D eigenvalue weighted by atomic mass is 10.1. The second kappa shape index (κ2) is 16.4. The zero-order valence-corrected chi connectivity index (χ0v) is 17.0. The molecule has 0 aliphatic carbocycles. The summed E-state index contributed by atoms with van der Waals surface area (Å²) in [5.41, 5.74) is 0. The van der Waals surface area contributed by atoms with Crippen molar-refractivity contribution in [2.45, 2.75) is 123 Å². The fourth-order valence-corrected chi connectivity index (χ4v) is 2.88. The van der Waals surface area contributed by atoms with E-state index in [1.54, 1.807) is 0 Å². The van der Waals surface area contributed by atoms with Crippen molar-refractivity contribution in [3.05, 3.63) is 0 Å². The fourth-order valence-electron chi connectivity index (χ4n) is 2.88. The molecule has 0 radical (unpaired) electrons. The molecule has 0 aromatic heterocycles. The van der Waals surface area contributed by atoms with E-state index in [9.17, 15) is 9.59 Å². The van der Waals surface area contributed by atoms with Gasteiger partial charge in [-0.15, -0.1) is 0 Å². The molecule has 0 heterocycles. The predicted molar refractivity (Wildman–Crippen MR) is 102 cm³/mol. The minimum atomic E-state index is -0.213. The average Bonchev–Trinajstić information content (AvgIpc) is 2.54. The van der Waals surface area contributed by atoms with Crippen molar-refractivity contribution >= 4 is 11.9 Å². The lowest BCUT2D eigenvalue weighted by Crippen LogP contribution is -2.23. The number of hydrogen-bond donors (Lipinski definition) is 0. The van der Waals surface area contributed by atoms with Gasteiger partial charge in [0.1, 0.15) is 12.2 Å². The summed E-state index contributed by atoms with van der Waals surface area (Å²) in [5.74, 6) is -0.281. The van der Waals surface area contributed by atoms with E-state index in [4.69, 9.17) is 9.47 Å². The van der Waals surface area contributed by atoms with Gasteiger partial charge in [0.05, 0.1) is 0 Å². The molecule has 25 heavy (non-hydrogen) atoms. The van der Waals surface area contributed by atoms with Crippen molar-refractivity contribution < 1.29 is 19.1 Å². The number of rotatable bonds is 16. The first-order valence-corrected chi connectivity index (χ1v) is 10.4. The molecule has 148 valence electrons. The smallest absolute Gasteiger partial charge is 0.306 e. The van der Waals surface area contributed by atoms with Crippen molar-refractivity contribution in [1.29, 1.82) is 0 Å². The minimum Gasteiger partial charge on any atom is -0.463 e. The van der Waals surface area contributed by atoms with Crippen LogP contribution in [0.4, 0.5) is 0 Å². The topological polar surface area (TPSA) is 52.6 Å². The van der Waals surface area contributed by atoms with Gasteiger partial charge in [-0.1, -0.05) is 65.2 Å². The Labute approximate surface area is 155 Å². The highest BCUT2D eigenvalue weighted by Crippen LogP contribution is 2.12. The quantitative estimate of drug-likeness (QED) is 0.253. The van der Waals surface area contributed by atoms with Crippen LogP contribution < -0.4 is 0 Å². The molecule has 0 spiro atoms. The Morgan fingerprint density at radius 1 is 0.640 bits per heavy atom. The summed E-state index contributed by atoms with van der Waals surface area (Å²) in [5, 5.41) is 0. The third-order valence-electron chi connectivity index (χ3n) is 4.30. The summed E-state index contributed by atoms with van der Waals surface area (Å²) in [6.45, 7) is 8.08. The fraction of sp³-hybridized carbons (Fsp3) is 0.905. The maximum Gasteiger partial charge on any atom is 0.306 e. The van der Waals surface area contributed by atoms with Crippen LogP contribution in [0.3, 0.4) is 0 Å². The second-order valence-corrected chi connectivity index (χ2v) is 7.17. The van der Waals surface area contributed by atoms with E-state index >= 15 is 0 Å². The van der Waals surface area contributed by atoms with Crippen LogP contribution in [-0.4, -0.2) is 24.1 Å². The maximum absolute atomic E-state index is 11.8. The summed E-state index contributed by atoms with van der Waals surface area (Å²) < 4.78 is 10.8. The van der Waals surface area contributed by atoms with Gasteiger partial charge in [0.15, 0.2) is 0 Å². The van der Waals surface area contributed by atoms with E-state index in [2.05, 4.69) is 13.8 Å². The summed E-state index contributed by atoms with van der Waals surface area (Å²) in [6.07, 6.45) is 12.3. The molecule has 4 heteroatoms. The Morgan fingerprint density at radius 2 is 1.00 bits per heavy atom. The normalized spacial score (nSPS) is 13.3. The number of ether oxygens (including phenoxy) is 2. The highest BCUT2D eigenvalue weighted by molar-refractivity contribution is 5.70. The van der Waals surface area contributed by atoms with Crippen LogP contribution in [0.15, 0.2) is 0 Å². The van der Waals surface area contributed by atoms with Gasteiger partial charge < -0.3 is 9.47 Å². The number of unbranched alkanes of at least 4 members (excludes halogenated alkanes) is 8. The molecule has 0 unspecified atom stereocenters. The Bertz CT molecular complexity index is 309. The molecule has 4 nitrogen and oxygen atoms in total. The van der Waals surface area contributed by atoms with Crippen LogP contribution in [0.25, 0.3) is 0 Å². The summed E-state index contributed by atoms with van der Waals surface area (Å²) in [7, 11) is 0. The van der Waals surface area contributed by atoms with Crippen LogP contribution >= 0.6 is 0 Å². The zero-order chi connectivity index (χ0) is 18.9. The molecule has 0 aliphatic heterocycles.